The molecule has 1 aliphatic carbocycles. The fraction of sp³-hybridized carbons (Fsp3) is 0.458. The predicted molar refractivity (Wildman–Crippen MR) is 128 cm³/mol. The summed E-state index contributed by atoms with van der Waals surface area (Å²) in [6.45, 7) is 7.89. The van der Waals surface area contributed by atoms with Crippen LogP contribution in [-0.4, -0.2) is 44.5 Å². The predicted octanol–water partition coefficient (Wildman–Crippen LogP) is 4.90. The van der Waals surface area contributed by atoms with E-state index in [9.17, 15) is 4.79 Å². The molecule has 32 heavy (non-hydrogen) atoms. The van der Waals surface area contributed by atoms with Crippen molar-refractivity contribution in [1.29, 1.82) is 0 Å². The second kappa shape index (κ2) is 8.94. The highest BCUT2D eigenvalue weighted by molar-refractivity contribution is 7.15. The van der Waals surface area contributed by atoms with Crippen LogP contribution in [0.2, 0.25) is 0 Å². The molecule has 4 heterocycles. The van der Waals surface area contributed by atoms with Gasteiger partial charge in [0.2, 0.25) is 11.8 Å². The van der Waals surface area contributed by atoms with Crippen LogP contribution in [0.4, 0.5) is 10.9 Å². The third-order valence-electron chi connectivity index (χ3n) is 6.43. The van der Waals surface area contributed by atoms with E-state index in [4.69, 9.17) is 9.72 Å². The molecular formula is C24H29N5O2S. The number of nitrogens with zero attached hydrogens (tertiary/aromatic N) is 4. The van der Waals surface area contributed by atoms with E-state index in [1.165, 1.54) is 31.8 Å². The van der Waals surface area contributed by atoms with Crippen LogP contribution in [0.15, 0.2) is 37.2 Å². The first-order chi connectivity index (χ1) is 15.6. The summed E-state index contributed by atoms with van der Waals surface area (Å²) >= 11 is 1.60. The lowest BCUT2D eigenvalue weighted by molar-refractivity contribution is -0.125. The van der Waals surface area contributed by atoms with Crippen molar-refractivity contribution in [2.75, 3.05) is 18.4 Å². The Bertz CT molecular complexity index is 1130. The Morgan fingerprint density at radius 2 is 2.22 bits per heavy atom. The molecule has 1 aliphatic heterocycles. The van der Waals surface area contributed by atoms with Crippen LogP contribution in [0.1, 0.15) is 37.0 Å². The zero-order chi connectivity index (χ0) is 22.1. The average Bonchev–Trinajstić information content (AvgIpc) is 3.58. The number of nitrogens with one attached hydrogen (secondary N) is 1. The van der Waals surface area contributed by atoms with Gasteiger partial charge in [-0.05, 0) is 37.8 Å². The van der Waals surface area contributed by atoms with E-state index in [1.54, 1.807) is 16.2 Å². The topological polar surface area (TPSA) is 72.3 Å². The second-order valence-electron chi connectivity index (χ2n) is 8.78. The quantitative estimate of drug-likeness (QED) is 0.517. The molecule has 0 radical (unpaired) electrons. The number of rotatable bonds is 7. The highest BCUT2D eigenvalue weighted by Crippen LogP contribution is 2.34. The molecule has 7 nitrogen and oxygen atoms in total. The summed E-state index contributed by atoms with van der Waals surface area (Å²) in [5, 5.41) is 5.18. The molecule has 1 saturated heterocycles. The molecule has 8 heteroatoms. The molecule has 168 valence electrons. The lowest BCUT2D eigenvalue weighted by Gasteiger charge is -2.17. The number of hydrogen-bond donors (Lipinski definition) is 1. The fourth-order valence-electron chi connectivity index (χ4n) is 4.78. The number of carbonyl (C=O) groups excluding carboxylic acids is 1. The normalized spacial score (nSPS) is 19.0. The summed E-state index contributed by atoms with van der Waals surface area (Å²) in [4.78, 5) is 24.1. The molecule has 1 atom stereocenters. The molecule has 0 spiro atoms. The van der Waals surface area contributed by atoms with Gasteiger partial charge in [-0.3, -0.25) is 4.79 Å². The van der Waals surface area contributed by atoms with E-state index in [-0.39, 0.29) is 12.0 Å². The van der Waals surface area contributed by atoms with Gasteiger partial charge in [-0.25, -0.2) is 4.98 Å². The van der Waals surface area contributed by atoms with E-state index >= 15 is 0 Å². The minimum atomic E-state index is -0.0786. The van der Waals surface area contributed by atoms with E-state index in [0.29, 0.717) is 19.0 Å². The van der Waals surface area contributed by atoms with E-state index in [0.717, 1.165) is 45.6 Å². The fourth-order valence-corrected chi connectivity index (χ4v) is 5.45. The van der Waals surface area contributed by atoms with Crippen LogP contribution in [0.3, 0.4) is 0 Å². The van der Waals surface area contributed by atoms with Crippen LogP contribution in [-0.2, 0) is 11.3 Å². The van der Waals surface area contributed by atoms with Gasteiger partial charge in [0.15, 0.2) is 5.13 Å². The number of aromatic nitrogens is 3. The molecule has 1 N–H and O–H groups in total. The highest BCUT2D eigenvalue weighted by Gasteiger charge is 2.28. The molecule has 3 aromatic heterocycles. The standard InChI is InChI=1S/C24H29N5O2S/c1-3-22(30)29-10-8-18(15-29)31-23-19-9-11-28(14-17-6-4-5-7-17)20(19)12-21(26-23)27-24-25-13-16(2)32-24/h3,9,11-13,17-18H,1,4-8,10,14-15H2,2H3,(H,25,26,27). The molecule has 5 rings (SSSR count). The van der Waals surface area contributed by atoms with E-state index < -0.39 is 0 Å². The number of likely N-dealkylation sites (tertiary alicyclic amines) is 1. The number of pyridine rings is 1. The molecule has 0 aromatic carbocycles. The molecule has 3 aromatic rings. The first-order valence-corrected chi connectivity index (χ1v) is 12.2. The SMILES string of the molecule is C=CC(=O)N1CCC(Oc2nc(Nc3ncc(C)s3)cc3c2ccn3CC2CCCC2)C1. The minimum Gasteiger partial charge on any atom is -0.472 e. The summed E-state index contributed by atoms with van der Waals surface area (Å²) in [6.07, 6.45) is 11.3. The summed E-state index contributed by atoms with van der Waals surface area (Å²) in [5.74, 6) is 2.02. The van der Waals surface area contributed by atoms with Crippen LogP contribution in [0.25, 0.3) is 10.9 Å². The number of thiazole rings is 1. The molecule has 1 unspecified atom stereocenters. The number of anilines is 2. The van der Waals surface area contributed by atoms with Gasteiger partial charge in [-0.2, -0.15) is 4.98 Å². The van der Waals surface area contributed by atoms with Crippen molar-refractivity contribution in [3.63, 3.8) is 0 Å². The smallest absolute Gasteiger partial charge is 0.246 e. The molecule has 2 aliphatic rings. The van der Waals surface area contributed by atoms with Gasteiger partial charge in [-0.15, -0.1) is 11.3 Å². The van der Waals surface area contributed by atoms with Crippen molar-refractivity contribution >= 4 is 39.1 Å². The Balaban J connectivity index is 1.45. The van der Waals surface area contributed by atoms with Crippen molar-refractivity contribution in [3.05, 3.63) is 42.1 Å². The number of fused-ring (bicyclic) bond motifs is 1. The minimum absolute atomic E-state index is 0.0496. The van der Waals surface area contributed by atoms with E-state index in [2.05, 4.69) is 39.8 Å². The summed E-state index contributed by atoms with van der Waals surface area (Å²) < 4.78 is 8.70. The Kier molecular flexibility index (Phi) is 5.87. The maximum absolute atomic E-state index is 12.0. The lowest BCUT2D eigenvalue weighted by atomic mass is 10.1. The van der Waals surface area contributed by atoms with Crippen molar-refractivity contribution < 1.29 is 9.53 Å². The molecule has 1 saturated carbocycles. The van der Waals surface area contributed by atoms with Crippen molar-refractivity contribution in [2.24, 2.45) is 5.92 Å². The van der Waals surface area contributed by atoms with Gasteiger partial charge >= 0.3 is 0 Å². The number of aryl methyl sites for hydroxylation is 1. The monoisotopic (exact) mass is 451 g/mol. The van der Waals surface area contributed by atoms with Crippen molar-refractivity contribution in [3.8, 4) is 5.88 Å². The van der Waals surface area contributed by atoms with Gasteiger partial charge in [0, 0.05) is 42.8 Å². The van der Waals surface area contributed by atoms with E-state index in [1.807, 2.05) is 13.1 Å². The Labute approximate surface area is 192 Å². The number of amides is 1. The highest BCUT2D eigenvalue weighted by atomic mass is 32.1. The van der Waals surface area contributed by atoms with Crippen LogP contribution < -0.4 is 10.1 Å². The summed E-state index contributed by atoms with van der Waals surface area (Å²) in [5.41, 5.74) is 1.12. The first-order valence-electron chi connectivity index (χ1n) is 11.4. The van der Waals surface area contributed by atoms with Crippen LogP contribution in [0.5, 0.6) is 5.88 Å². The van der Waals surface area contributed by atoms with Crippen molar-refractivity contribution in [1.82, 2.24) is 19.4 Å². The van der Waals surface area contributed by atoms with Crippen molar-refractivity contribution in [2.45, 2.75) is 51.7 Å². The van der Waals surface area contributed by atoms with Crippen LogP contribution >= 0.6 is 11.3 Å². The number of carbonyl (C=O) groups is 1. The van der Waals surface area contributed by atoms with Gasteiger partial charge < -0.3 is 19.5 Å². The maximum Gasteiger partial charge on any atom is 0.246 e. The van der Waals surface area contributed by atoms with Gasteiger partial charge in [0.25, 0.3) is 0 Å². The third-order valence-corrected chi connectivity index (χ3v) is 7.26. The third kappa shape index (κ3) is 4.37. The molecule has 0 bridgehead atoms. The Morgan fingerprint density at radius 3 is 2.97 bits per heavy atom. The maximum atomic E-state index is 12.0. The first kappa shape index (κ1) is 21.0. The Hall–Kier alpha value is -2.87. The zero-order valence-corrected chi connectivity index (χ0v) is 19.2. The number of hydrogen-bond acceptors (Lipinski definition) is 6. The Morgan fingerprint density at radius 1 is 1.38 bits per heavy atom. The molecule has 2 fully saturated rings. The lowest BCUT2D eigenvalue weighted by Crippen LogP contribution is -2.29. The molecular weight excluding hydrogens is 422 g/mol. The van der Waals surface area contributed by atoms with Gasteiger partial charge in [-0.1, -0.05) is 19.4 Å². The average molecular weight is 452 g/mol. The van der Waals surface area contributed by atoms with Gasteiger partial charge in [0.1, 0.15) is 11.9 Å². The summed E-state index contributed by atoms with van der Waals surface area (Å²) in [6, 6.07) is 4.20. The molecule has 1 amide bonds. The number of ether oxygens (including phenoxy) is 1. The van der Waals surface area contributed by atoms with Gasteiger partial charge in [0.05, 0.1) is 17.4 Å². The zero-order valence-electron chi connectivity index (χ0n) is 18.4. The largest absolute Gasteiger partial charge is 0.472 e. The summed E-state index contributed by atoms with van der Waals surface area (Å²) in [7, 11) is 0. The van der Waals surface area contributed by atoms with Crippen LogP contribution in [0, 0.1) is 12.8 Å². The second-order valence-corrected chi connectivity index (χ2v) is 10.0.